The number of halogens is 1. The summed E-state index contributed by atoms with van der Waals surface area (Å²) < 4.78 is 15.0. The molecule has 1 amide bonds. The molecule has 3 aromatic rings. The molecule has 0 atom stereocenters. The number of carbonyl (C=O) groups excluding carboxylic acids is 1. The van der Waals surface area contributed by atoms with Gasteiger partial charge in [-0.25, -0.2) is 9.37 Å². The maximum atomic E-state index is 13.4. The molecule has 0 aliphatic rings. The van der Waals surface area contributed by atoms with E-state index >= 15 is 0 Å². The number of nitrogens with zero attached hydrogens (tertiary/aromatic N) is 3. The van der Waals surface area contributed by atoms with E-state index in [1.54, 1.807) is 30.1 Å². The second-order valence-electron chi connectivity index (χ2n) is 5.58. The highest BCUT2D eigenvalue weighted by molar-refractivity contribution is 6.05. The van der Waals surface area contributed by atoms with Gasteiger partial charge in [-0.05, 0) is 30.7 Å². The molecule has 0 spiro atoms. The maximum absolute atomic E-state index is 13.4. The maximum Gasteiger partial charge on any atom is 0.252 e. The fraction of sp³-hybridized carbons (Fsp3) is 0.235. The van der Waals surface area contributed by atoms with Gasteiger partial charge in [-0.3, -0.25) is 9.48 Å². The summed E-state index contributed by atoms with van der Waals surface area (Å²) in [7, 11) is 1.77. The quantitative estimate of drug-likeness (QED) is 0.766. The number of aliphatic hydroxyl groups excluding tert-OH is 1. The van der Waals surface area contributed by atoms with Crippen LogP contribution in [0, 0.1) is 12.7 Å². The number of aliphatic hydroxyl groups is 1. The molecule has 1 aromatic carbocycles. The Morgan fingerprint density at radius 1 is 1.38 bits per heavy atom. The van der Waals surface area contributed by atoms with Gasteiger partial charge in [-0.15, -0.1) is 0 Å². The minimum Gasteiger partial charge on any atom is -0.392 e. The summed E-state index contributed by atoms with van der Waals surface area (Å²) in [6, 6.07) is 6.10. The van der Waals surface area contributed by atoms with E-state index in [0.29, 0.717) is 22.2 Å². The zero-order valence-corrected chi connectivity index (χ0v) is 13.4. The van der Waals surface area contributed by atoms with Gasteiger partial charge in [0.25, 0.3) is 5.91 Å². The number of aryl methyl sites for hydroxylation is 2. The van der Waals surface area contributed by atoms with Crippen molar-refractivity contribution in [2.75, 3.05) is 0 Å². The van der Waals surface area contributed by atoms with Crippen molar-refractivity contribution in [3.8, 4) is 0 Å². The number of hydrogen-bond donors (Lipinski definition) is 2. The molecule has 2 heterocycles. The molecule has 0 aliphatic carbocycles. The van der Waals surface area contributed by atoms with Crippen LogP contribution in [0.1, 0.15) is 27.2 Å². The minimum atomic E-state index is -0.464. The molecule has 0 saturated carbocycles. The molecule has 0 radical (unpaired) electrons. The van der Waals surface area contributed by atoms with Gasteiger partial charge in [-0.2, -0.15) is 5.10 Å². The molecule has 0 fully saturated rings. The van der Waals surface area contributed by atoms with Crippen molar-refractivity contribution in [2.24, 2.45) is 7.05 Å². The van der Waals surface area contributed by atoms with E-state index in [2.05, 4.69) is 15.4 Å². The smallest absolute Gasteiger partial charge is 0.252 e. The van der Waals surface area contributed by atoms with Crippen LogP contribution in [-0.4, -0.2) is 25.8 Å². The lowest BCUT2D eigenvalue weighted by Crippen LogP contribution is -2.23. The second-order valence-corrected chi connectivity index (χ2v) is 5.58. The van der Waals surface area contributed by atoms with Crippen LogP contribution in [0.25, 0.3) is 11.0 Å². The van der Waals surface area contributed by atoms with Crippen molar-refractivity contribution < 1.29 is 14.3 Å². The Labute approximate surface area is 137 Å². The molecule has 24 heavy (non-hydrogen) atoms. The van der Waals surface area contributed by atoms with Crippen molar-refractivity contribution in [1.82, 2.24) is 20.1 Å². The van der Waals surface area contributed by atoms with Gasteiger partial charge in [0.15, 0.2) is 5.65 Å². The molecule has 2 N–H and O–H groups in total. The standard InChI is InChI=1S/C17H17FN4O2/c1-10-5-13(14-8-20-22(2)16(14)21-10)17(24)19-7-11-3-4-15(18)12(6-11)9-23/h3-6,8,23H,7,9H2,1-2H3,(H,19,24). The summed E-state index contributed by atoms with van der Waals surface area (Å²) in [6.07, 6.45) is 1.61. The van der Waals surface area contributed by atoms with E-state index < -0.39 is 5.82 Å². The molecule has 0 unspecified atom stereocenters. The van der Waals surface area contributed by atoms with Gasteiger partial charge in [0, 0.05) is 24.8 Å². The molecule has 6 nitrogen and oxygen atoms in total. The van der Waals surface area contributed by atoms with Crippen LogP contribution >= 0.6 is 0 Å². The fourth-order valence-electron chi connectivity index (χ4n) is 2.56. The number of rotatable bonds is 4. The Balaban J connectivity index is 1.83. The number of hydrogen-bond acceptors (Lipinski definition) is 4. The number of nitrogens with one attached hydrogen (secondary N) is 1. The van der Waals surface area contributed by atoms with E-state index in [-0.39, 0.29) is 24.6 Å². The Morgan fingerprint density at radius 2 is 2.17 bits per heavy atom. The molecule has 0 bridgehead atoms. The molecule has 0 saturated heterocycles. The first-order valence-corrected chi connectivity index (χ1v) is 7.45. The third-order valence-corrected chi connectivity index (χ3v) is 3.81. The van der Waals surface area contributed by atoms with Crippen molar-refractivity contribution in [3.05, 3.63) is 58.7 Å². The lowest BCUT2D eigenvalue weighted by Gasteiger charge is -2.09. The first kappa shape index (κ1) is 16.1. The number of fused-ring (bicyclic) bond motifs is 1. The van der Waals surface area contributed by atoms with Crippen LogP contribution in [0.3, 0.4) is 0 Å². The average Bonchev–Trinajstić information content (AvgIpc) is 2.94. The predicted octanol–water partition coefficient (Wildman–Crippen LogP) is 1.84. The molecular formula is C17H17FN4O2. The highest BCUT2D eigenvalue weighted by Crippen LogP contribution is 2.18. The first-order chi connectivity index (χ1) is 11.5. The largest absolute Gasteiger partial charge is 0.392 e. The van der Waals surface area contributed by atoms with Crippen LogP contribution in [0.4, 0.5) is 4.39 Å². The highest BCUT2D eigenvalue weighted by atomic mass is 19.1. The number of aromatic nitrogens is 3. The molecule has 0 aliphatic heterocycles. The number of amides is 1. The van der Waals surface area contributed by atoms with Crippen molar-refractivity contribution in [2.45, 2.75) is 20.1 Å². The number of carbonyl (C=O) groups is 1. The molecule has 3 rings (SSSR count). The zero-order valence-electron chi connectivity index (χ0n) is 13.4. The van der Waals surface area contributed by atoms with Crippen LogP contribution in [-0.2, 0) is 20.2 Å². The summed E-state index contributed by atoms with van der Waals surface area (Å²) >= 11 is 0. The first-order valence-electron chi connectivity index (χ1n) is 7.45. The Morgan fingerprint density at radius 3 is 2.92 bits per heavy atom. The summed E-state index contributed by atoms with van der Waals surface area (Å²) in [5.74, 6) is -0.720. The van der Waals surface area contributed by atoms with Crippen molar-refractivity contribution >= 4 is 16.9 Å². The monoisotopic (exact) mass is 328 g/mol. The molecule has 2 aromatic heterocycles. The van der Waals surface area contributed by atoms with Gasteiger partial charge in [0.05, 0.1) is 23.8 Å². The second kappa shape index (κ2) is 6.37. The van der Waals surface area contributed by atoms with E-state index in [1.165, 1.54) is 12.1 Å². The van der Waals surface area contributed by atoms with E-state index in [9.17, 15) is 9.18 Å². The van der Waals surface area contributed by atoms with E-state index in [1.807, 2.05) is 6.92 Å². The van der Waals surface area contributed by atoms with Crippen LogP contribution < -0.4 is 5.32 Å². The predicted molar refractivity (Wildman–Crippen MR) is 86.7 cm³/mol. The van der Waals surface area contributed by atoms with Gasteiger partial charge in [0.2, 0.25) is 0 Å². The highest BCUT2D eigenvalue weighted by Gasteiger charge is 2.14. The summed E-state index contributed by atoms with van der Waals surface area (Å²) in [4.78, 5) is 16.9. The van der Waals surface area contributed by atoms with Gasteiger partial charge in [-0.1, -0.05) is 6.07 Å². The average molecular weight is 328 g/mol. The molecule has 7 heteroatoms. The van der Waals surface area contributed by atoms with Crippen LogP contribution in [0.15, 0.2) is 30.5 Å². The number of pyridine rings is 1. The van der Waals surface area contributed by atoms with Crippen molar-refractivity contribution in [3.63, 3.8) is 0 Å². The topological polar surface area (TPSA) is 80.0 Å². The summed E-state index contributed by atoms with van der Waals surface area (Å²) in [5.41, 5.74) is 2.78. The van der Waals surface area contributed by atoms with Gasteiger partial charge < -0.3 is 10.4 Å². The Hall–Kier alpha value is -2.80. The van der Waals surface area contributed by atoms with Gasteiger partial charge >= 0.3 is 0 Å². The fourth-order valence-corrected chi connectivity index (χ4v) is 2.56. The minimum absolute atomic E-state index is 0.205. The third kappa shape index (κ3) is 2.98. The normalized spacial score (nSPS) is 11.0. The number of benzene rings is 1. The summed E-state index contributed by atoms with van der Waals surface area (Å²) in [5, 5.41) is 16.7. The van der Waals surface area contributed by atoms with Gasteiger partial charge in [0.1, 0.15) is 5.82 Å². The van der Waals surface area contributed by atoms with Crippen LogP contribution in [0.5, 0.6) is 0 Å². The van der Waals surface area contributed by atoms with Crippen LogP contribution in [0.2, 0.25) is 0 Å². The Bertz CT molecular complexity index is 920. The summed E-state index contributed by atoms with van der Waals surface area (Å²) in [6.45, 7) is 1.67. The van der Waals surface area contributed by atoms with E-state index in [0.717, 1.165) is 5.69 Å². The SMILES string of the molecule is Cc1cc(C(=O)NCc2ccc(F)c(CO)c2)c2cnn(C)c2n1. The molecule has 124 valence electrons. The lowest BCUT2D eigenvalue weighted by atomic mass is 10.1. The zero-order chi connectivity index (χ0) is 17.3. The van der Waals surface area contributed by atoms with Crippen molar-refractivity contribution in [1.29, 1.82) is 0 Å². The van der Waals surface area contributed by atoms with E-state index in [4.69, 9.17) is 5.11 Å². The molecular weight excluding hydrogens is 311 g/mol. The lowest BCUT2D eigenvalue weighted by molar-refractivity contribution is 0.0952. The Kier molecular flexibility index (Phi) is 4.26. The third-order valence-electron chi connectivity index (χ3n) is 3.81.